The molecule has 1 aromatic heterocycles. The first kappa shape index (κ1) is 22.9. The van der Waals surface area contributed by atoms with E-state index in [1.807, 2.05) is 32.9 Å². The standard InChI is InChI=1S/C23H25Cl2N3O/c1-5-9-15(2)20(27-17(4)22-18(24)10-8-11-19(22)25)14-16(3)23(29)28-21-12-6-7-13-26-21/h6-14,16H,5H2,1-4H3,(H,26,28,29)/b15-9-,20-14+,27-17?. The van der Waals surface area contributed by atoms with Gasteiger partial charge >= 0.3 is 0 Å². The summed E-state index contributed by atoms with van der Waals surface area (Å²) in [6.45, 7) is 7.72. The van der Waals surface area contributed by atoms with Crippen LogP contribution in [0.15, 0.2) is 71.0 Å². The average molecular weight is 430 g/mol. The highest BCUT2D eigenvalue weighted by atomic mass is 35.5. The molecule has 0 radical (unpaired) electrons. The molecule has 1 aromatic carbocycles. The van der Waals surface area contributed by atoms with Gasteiger partial charge in [0.25, 0.3) is 0 Å². The Hall–Kier alpha value is -2.43. The molecule has 1 N–H and O–H groups in total. The van der Waals surface area contributed by atoms with Crippen LogP contribution in [0.4, 0.5) is 5.82 Å². The highest BCUT2D eigenvalue weighted by Crippen LogP contribution is 2.26. The summed E-state index contributed by atoms with van der Waals surface area (Å²) in [5, 5.41) is 3.89. The van der Waals surface area contributed by atoms with Gasteiger partial charge in [-0.15, -0.1) is 0 Å². The van der Waals surface area contributed by atoms with E-state index in [-0.39, 0.29) is 5.91 Å². The summed E-state index contributed by atoms with van der Waals surface area (Å²) in [5.41, 5.74) is 3.07. The molecule has 0 aliphatic carbocycles. The van der Waals surface area contributed by atoms with Gasteiger partial charge in [-0.2, -0.15) is 0 Å². The van der Waals surface area contributed by atoms with Crippen LogP contribution in [0.3, 0.4) is 0 Å². The van der Waals surface area contributed by atoms with Crippen molar-refractivity contribution in [3.63, 3.8) is 0 Å². The van der Waals surface area contributed by atoms with Crippen LogP contribution in [-0.2, 0) is 4.79 Å². The first-order chi connectivity index (χ1) is 13.8. The second kappa shape index (κ2) is 10.9. The van der Waals surface area contributed by atoms with E-state index in [1.165, 1.54) is 0 Å². The third-order valence-corrected chi connectivity index (χ3v) is 4.89. The second-order valence-corrected chi connectivity index (χ2v) is 7.45. The number of pyridine rings is 1. The maximum atomic E-state index is 12.6. The van der Waals surface area contributed by atoms with E-state index in [0.717, 1.165) is 12.0 Å². The predicted molar refractivity (Wildman–Crippen MR) is 123 cm³/mol. The van der Waals surface area contributed by atoms with E-state index in [4.69, 9.17) is 28.2 Å². The number of halogens is 2. The molecule has 0 aliphatic heterocycles. The zero-order chi connectivity index (χ0) is 21.4. The number of hydrogen-bond acceptors (Lipinski definition) is 3. The molecular formula is C23H25Cl2N3O. The number of allylic oxidation sites excluding steroid dienone is 2. The predicted octanol–water partition coefficient (Wildman–Crippen LogP) is 6.71. The number of aliphatic imine (C=N–C) groups is 1. The molecule has 0 aliphatic rings. The Morgan fingerprint density at radius 2 is 1.86 bits per heavy atom. The SMILES string of the molecule is CC/C=C(C)\C(=C/C(C)C(=O)Nc1ccccn1)N=C(C)c1c(Cl)cccc1Cl. The molecule has 1 atom stereocenters. The lowest BCUT2D eigenvalue weighted by molar-refractivity contribution is -0.118. The molecule has 29 heavy (non-hydrogen) atoms. The van der Waals surface area contributed by atoms with Crippen molar-refractivity contribution < 1.29 is 4.79 Å². The van der Waals surface area contributed by atoms with Gasteiger partial charge in [-0.25, -0.2) is 4.98 Å². The zero-order valence-electron chi connectivity index (χ0n) is 17.0. The van der Waals surface area contributed by atoms with E-state index in [0.29, 0.717) is 32.8 Å². The van der Waals surface area contributed by atoms with E-state index < -0.39 is 5.92 Å². The van der Waals surface area contributed by atoms with Gasteiger partial charge in [0.1, 0.15) is 5.82 Å². The van der Waals surface area contributed by atoms with E-state index in [2.05, 4.69) is 23.3 Å². The number of carbonyl (C=O) groups excluding carboxylic acids is 1. The van der Waals surface area contributed by atoms with E-state index in [1.54, 1.807) is 36.5 Å². The Balaban J connectivity index is 2.37. The third-order valence-electron chi connectivity index (χ3n) is 4.26. The normalized spacial score (nSPS) is 13.9. The van der Waals surface area contributed by atoms with E-state index >= 15 is 0 Å². The topological polar surface area (TPSA) is 54.4 Å². The summed E-state index contributed by atoms with van der Waals surface area (Å²) in [6, 6.07) is 10.7. The van der Waals surface area contributed by atoms with Crippen LogP contribution in [0.1, 0.15) is 39.7 Å². The number of benzene rings is 1. The molecule has 0 spiro atoms. The Labute approximate surface area is 182 Å². The molecule has 152 valence electrons. The van der Waals surface area contributed by atoms with Crippen molar-refractivity contribution in [1.29, 1.82) is 0 Å². The summed E-state index contributed by atoms with van der Waals surface area (Å²) in [7, 11) is 0. The minimum absolute atomic E-state index is 0.158. The van der Waals surface area contributed by atoms with Crippen LogP contribution >= 0.6 is 23.2 Å². The van der Waals surface area contributed by atoms with Gasteiger partial charge in [-0.1, -0.05) is 48.3 Å². The monoisotopic (exact) mass is 429 g/mol. The van der Waals surface area contributed by atoms with Crippen LogP contribution in [0.25, 0.3) is 0 Å². The van der Waals surface area contributed by atoms with Gasteiger partial charge < -0.3 is 5.32 Å². The fourth-order valence-corrected chi connectivity index (χ4v) is 3.41. The molecule has 1 amide bonds. The maximum absolute atomic E-state index is 12.6. The molecule has 0 bridgehead atoms. The molecule has 2 rings (SSSR count). The van der Waals surface area contributed by atoms with E-state index in [9.17, 15) is 4.79 Å². The van der Waals surface area contributed by atoms with Crippen LogP contribution in [-0.4, -0.2) is 16.6 Å². The molecule has 4 nitrogen and oxygen atoms in total. The lowest BCUT2D eigenvalue weighted by atomic mass is 10.0. The zero-order valence-corrected chi connectivity index (χ0v) is 18.6. The summed E-state index contributed by atoms with van der Waals surface area (Å²) in [5.74, 6) is -0.0535. The van der Waals surface area contributed by atoms with Crippen molar-refractivity contribution in [3.8, 4) is 0 Å². The number of amides is 1. The molecule has 2 aromatic rings. The Bertz CT molecular complexity index is 930. The third kappa shape index (κ3) is 6.55. The van der Waals surface area contributed by atoms with Gasteiger partial charge in [-0.05, 0) is 63.1 Å². The van der Waals surface area contributed by atoms with Crippen LogP contribution in [0.2, 0.25) is 10.0 Å². The van der Waals surface area contributed by atoms with Gasteiger partial charge in [-0.3, -0.25) is 9.79 Å². The minimum Gasteiger partial charge on any atom is -0.310 e. The number of hydrogen-bond donors (Lipinski definition) is 1. The molecule has 1 heterocycles. The minimum atomic E-state index is -0.412. The highest BCUT2D eigenvalue weighted by molar-refractivity contribution is 6.40. The highest BCUT2D eigenvalue weighted by Gasteiger charge is 2.14. The first-order valence-corrected chi connectivity index (χ1v) is 10.2. The number of carbonyl (C=O) groups is 1. The van der Waals surface area contributed by atoms with Gasteiger partial charge in [0.2, 0.25) is 5.91 Å². The van der Waals surface area contributed by atoms with Crippen molar-refractivity contribution >= 4 is 40.6 Å². The van der Waals surface area contributed by atoms with Crippen molar-refractivity contribution in [2.45, 2.75) is 34.1 Å². The van der Waals surface area contributed by atoms with Crippen molar-refractivity contribution in [2.75, 3.05) is 5.32 Å². The summed E-state index contributed by atoms with van der Waals surface area (Å²) < 4.78 is 0. The smallest absolute Gasteiger partial charge is 0.232 e. The quantitative estimate of drug-likeness (QED) is 0.392. The van der Waals surface area contributed by atoms with Crippen LogP contribution < -0.4 is 5.32 Å². The molecule has 0 fully saturated rings. The summed E-state index contributed by atoms with van der Waals surface area (Å²) in [4.78, 5) is 21.5. The summed E-state index contributed by atoms with van der Waals surface area (Å²) in [6.07, 6.45) is 6.41. The number of nitrogens with zero attached hydrogens (tertiary/aromatic N) is 2. The molecule has 0 saturated carbocycles. The number of anilines is 1. The van der Waals surface area contributed by atoms with Crippen molar-refractivity contribution in [2.24, 2.45) is 10.9 Å². The van der Waals surface area contributed by atoms with Gasteiger partial charge in [0.15, 0.2) is 0 Å². The van der Waals surface area contributed by atoms with Crippen molar-refractivity contribution in [1.82, 2.24) is 4.98 Å². The average Bonchev–Trinajstić information content (AvgIpc) is 2.68. The van der Waals surface area contributed by atoms with Crippen LogP contribution in [0.5, 0.6) is 0 Å². The Morgan fingerprint density at radius 3 is 2.45 bits per heavy atom. The van der Waals surface area contributed by atoms with Crippen molar-refractivity contribution in [3.05, 3.63) is 81.6 Å². The Kier molecular flexibility index (Phi) is 8.62. The Morgan fingerprint density at radius 1 is 1.17 bits per heavy atom. The fraction of sp³-hybridized carbons (Fsp3) is 0.261. The fourth-order valence-electron chi connectivity index (χ4n) is 2.74. The molecule has 0 saturated heterocycles. The molecule has 6 heteroatoms. The molecular weight excluding hydrogens is 405 g/mol. The van der Waals surface area contributed by atoms with Gasteiger partial charge in [0.05, 0.1) is 21.7 Å². The first-order valence-electron chi connectivity index (χ1n) is 9.44. The second-order valence-electron chi connectivity index (χ2n) is 6.63. The maximum Gasteiger partial charge on any atom is 0.232 e. The largest absolute Gasteiger partial charge is 0.310 e. The number of aromatic nitrogens is 1. The summed E-state index contributed by atoms with van der Waals surface area (Å²) >= 11 is 12.6. The van der Waals surface area contributed by atoms with Crippen LogP contribution in [0, 0.1) is 5.92 Å². The number of nitrogens with one attached hydrogen (secondary N) is 1. The van der Waals surface area contributed by atoms with Gasteiger partial charge in [0, 0.05) is 17.5 Å². The lowest BCUT2D eigenvalue weighted by Crippen LogP contribution is -2.19. The number of rotatable bonds is 7. The lowest BCUT2D eigenvalue weighted by Gasteiger charge is -2.12. The molecule has 1 unspecified atom stereocenters.